The maximum absolute atomic E-state index is 12.0. The van der Waals surface area contributed by atoms with Crippen molar-refractivity contribution in [3.63, 3.8) is 0 Å². The van der Waals surface area contributed by atoms with Crippen LogP contribution < -0.4 is 5.73 Å². The average molecular weight is 244 g/mol. The summed E-state index contributed by atoms with van der Waals surface area (Å²) in [7, 11) is 0. The van der Waals surface area contributed by atoms with Crippen molar-refractivity contribution >= 4 is 5.91 Å². The molecule has 1 heterocycles. The van der Waals surface area contributed by atoms with Gasteiger partial charge < -0.3 is 20.8 Å². The van der Waals surface area contributed by atoms with E-state index in [0.29, 0.717) is 0 Å². The first-order chi connectivity index (χ1) is 7.91. The van der Waals surface area contributed by atoms with Gasteiger partial charge in [-0.05, 0) is 19.8 Å². The molecule has 100 valence electrons. The minimum absolute atomic E-state index is 0.0188. The van der Waals surface area contributed by atoms with Crippen LogP contribution in [0.25, 0.3) is 0 Å². The predicted molar refractivity (Wildman–Crippen MR) is 65.3 cm³/mol. The fourth-order valence-electron chi connectivity index (χ4n) is 2.13. The number of hydrogen-bond donors (Lipinski definition) is 3. The van der Waals surface area contributed by atoms with E-state index in [-0.39, 0.29) is 31.0 Å². The highest BCUT2D eigenvalue weighted by Gasteiger charge is 2.33. The summed E-state index contributed by atoms with van der Waals surface area (Å²) in [4.78, 5) is 13.5. The molecule has 17 heavy (non-hydrogen) atoms. The summed E-state index contributed by atoms with van der Waals surface area (Å²) < 4.78 is 0. The molecule has 1 aliphatic rings. The molecule has 1 amide bonds. The normalized spacial score (nSPS) is 28.2. The summed E-state index contributed by atoms with van der Waals surface area (Å²) in [5.74, 6) is -0.0449. The van der Waals surface area contributed by atoms with Crippen LogP contribution >= 0.6 is 0 Å². The SMILES string of the molecule is CC(N)CCCC(C)C(=O)N1CC(O)C(O)C1. The number of amides is 1. The molecule has 0 aliphatic carbocycles. The minimum atomic E-state index is -0.796. The number of rotatable bonds is 5. The molecule has 5 heteroatoms. The largest absolute Gasteiger partial charge is 0.388 e. The average Bonchev–Trinajstić information content (AvgIpc) is 2.57. The number of aliphatic hydroxyl groups excluding tert-OH is 2. The van der Waals surface area contributed by atoms with E-state index in [1.165, 1.54) is 0 Å². The van der Waals surface area contributed by atoms with Crippen LogP contribution in [0.4, 0.5) is 0 Å². The van der Waals surface area contributed by atoms with Crippen LogP contribution in [0, 0.1) is 5.92 Å². The molecule has 4 atom stereocenters. The monoisotopic (exact) mass is 244 g/mol. The molecule has 1 saturated heterocycles. The zero-order chi connectivity index (χ0) is 13.0. The summed E-state index contributed by atoms with van der Waals surface area (Å²) >= 11 is 0. The van der Waals surface area contributed by atoms with E-state index in [1.807, 2.05) is 13.8 Å². The highest BCUT2D eigenvalue weighted by Crippen LogP contribution is 2.17. The Morgan fingerprint density at radius 3 is 2.29 bits per heavy atom. The maximum Gasteiger partial charge on any atom is 0.225 e. The highest BCUT2D eigenvalue weighted by molar-refractivity contribution is 5.78. The van der Waals surface area contributed by atoms with Gasteiger partial charge in [-0.15, -0.1) is 0 Å². The van der Waals surface area contributed by atoms with Gasteiger partial charge in [-0.3, -0.25) is 4.79 Å². The van der Waals surface area contributed by atoms with Crippen molar-refractivity contribution in [3.05, 3.63) is 0 Å². The van der Waals surface area contributed by atoms with Gasteiger partial charge in [-0.25, -0.2) is 0 Å². The Kier molecular flexibility index (Phi) is 5.36. The Balaban J connectivity index is 2.32. The summed E-state index contributed by atoms with van der Waals surface area (Å²) in [5, 5.41) is 18.8. The van der Waals surface area contributed by atoms with Gasteiger partial charge in [0, 0.05) is 25.0 Å². The van der Waals surface area contributed by atoms with E-state index in [2.05, 4.69) is 0 Å². The Morgan fingerprint density at radius 2 is 1.82 bits per heavy atom. The molecule has 0 radical (unpaired) electrons. The van der Waals surface area contributed by atoms with Gasteiger partial charge in [-0.1, -0.05) is 13.3 Å². The number of aliphatic hydroxyl groups is 2. The minimum Gasteiger partial charge on any atom is -0.388 e. The number of nitrogens with zero attached hydrogens (tertiary/aromatic N) is 1. The van der Waals surface area contributed by atoms with Gasteiger partial charge in [0.1, 0.15) is 0 Å². The third-order valence-electron chi connectivity index (χ3n) is 3.29. The molecule has 5 nitrogen and oxygen atoms in total. The molecule has 4 N–H and O–H groups in total. The smallest absolute Gasteiger partial charge is 0.225 e. The zero-order valence-corrected chi connectivity index (χ0v) is 10.7. The van der Waals surface area contributed by atoms with E-state index in [9.17, 15) is 15.0 Å². The molecule has 0 aromatic rings. The van der Waals surface area contributed by atoms with Gasteiger partial charge in [-0.2, -0.15) is 0 Å². The van der Waals surface area contributed by atoms with Crippen LogP contribution in [0.5, 0.6) is 0 Å². The van der Waals surface area contributed by atoms with E-state index in [4.69, 9.17) is 5.73 Å². The first kappa shape index (κ1) is 14.4. The number of nitrogens with two attached hydrogens (primary N) is 1. The highest BCUT2D eigenvalue weighted by atomic mass is 16.3. The number of carbonyl (C=O) groups excluding carboxylic acids is 1. The zero-order valence-electron chi connectivity index (χ0n) is 10.7. The predicted octanol–water partition coefficient (Wildman–Crippen LogP) is -0.296. The van der Waals surface area contributed by atoms with Crippen LogP contribution in [0.2, 0.25) is 0 Å². The van der Waals surface area contributed by atoms with Crippen LogP contribution in [0.3, 0.4) is 0 Å². The lowest BCUT2D eigenvalue weighted by atomic mass is 10.0. The first-order valence-corrected chi connectivity index (χ1v) is 6.32. The topological polar surface area (TPSA) is 86.8 Å². The van der Waals surface area contributed by atoms with Crippen molar-refractivity contribution in [2.24, 2.45) is 11.7 Å². The van der Waals surface area contributed by atoms with Crippen molar-refractivity contribution < 1.29 is 15.0 Å². The second kappa shape index (κ2) is 6.33. The second-order valence-corrected chi connectivity index (χ2v) is 5.19. The summed E-state index contributed by atoms with van der Waals surface area (Å²) in [5.41, 5.74) is 5.65. The van der Waals surface area contributed by atoms with Crippen molar-refractivity contribution in [2.45, 2.75) is 51.4 Å². The van der Waals surface area contributed by atoms with Gasteiger partial charge in [0.25, 0.3) is 0 Å². The quantitative estimate of drug-likeness (QED) is 0.620. The third kappa shape index (κ3) is 4.26. The molecule has 1 aliphatic heterocycles. The molecule has 0 aromatic carbocycles. The Bertz CT molecular complexity index is 248. The van der Waals surface area contributed by atoms with E-state index in [0.717, 1.165) is 19.3 Å². The lowest BCUT2D eigenvalue weighted by Gasteiger charge is -2.20. The van der Waals surface area contributed by atoms with E-state index >= 15 is 0 Å². The Labute approximate surface area is 103 Å². The standard InChI is InChI=1S/C12H24N2O3/c1-8(4-3-5-9(2)13)12(17)14-6-10(15)11(16)7-14/h8-11,15-16H,3-7,13H2,1-2H3. The molecule has 0 saturated carbocycles. The second-order valence-electron chi connectivity index (χ2n) is 5.19. The molecular formula is C12H24N2O3. The van der Waals surface area contributed by atoms with Gasteiger partial charge in [0.15, 0.2) is 0 Å². The van der Waals surface area contributed by atoms with Crippen molar-refractivity contribution in [1.29, 1.82) is 0 Å². The lowest BCUT2D eigenvalue weighted by Crippen LogP contribution is -2.34. The number of hydrogen-bond acceptors (Lipinski definition) is 4. The Morgan fingerprint density at radius 1 is 1.29 bits per heavy atom. The lowest BCUT2D eigenvalue weighted by molar-refractivity contribution is -0.134. The number of β-amino-alcohol motifs (C(OH)–C–C–N with tert-alkyl or cyclic N) is 2. The summed E-state index contributed by atoms with van der Waals surface area (Å²) in [6, 6.07) is 0.174. The Hall–Kier alpha value is -0.650. The van der Waals surface area contributed by atoms with Crippen molar-refractivity contribution in [2.75, 3.05) is 13.1 Å². The van der Waals surface area contributed by atoms with Crippen molar-refractivity contribution in [1.82, 2.24) is 4.90 Å². The summed E-state index contributed by atoms with van der Waals surface area (Å²) in [6.45, 7) is 4.34. The van der Waals surface area contributed by atoms with E-state index in [1.54, 1.807) is 4.90 Å². The molecule has 1 fully saturated rings. The number of carbonyl (C=O) groups is 1. The number of likely N-dealkylation sites (tertiary alicyclic amines) is 1. The fourth-order valence-corrected chi connectivity index (χ4v) is 2.13. The molecule has 0 spiro atoms. The van der Waals surface area contributed by atoms with Gasteiger partial charge in [0.05, 0.1) is 12.2 Å². The van der Waals surface area contributed by atoms with Crippen LogP contribution in [0.15, 0.2) is 0 Å². The van der Waals surface area contributed by atoms with E-state index < -0.39 is 12.2 Å². The molecule has 0 bridgehead atoms. The van der Waals surface area contributed by atoms with Gasteiger partial charge in [0.2, 0.25) is 5.91 Å². The molecule has 4 unspecified atom stereocenters. The third-order valence-corrected chi connectivity index (χ3v) is 3.29. The maximum atomic E-state index is 12.0. The fraction of sp³-hybridized carbons (Fsp3) is 0.917. The molecule has 1 rings (SSSR count). The molecular weight excluding hydrogens is 220 g/mol. The van der Waals surface area contributed by atoms with Crippen LogP contribution in [-0.2, 0) is 4.79 Å². The van der Waals surface area contributed by atoms with Crippen LogP contribution in [-0.4, -0.2) is 52.4 Å². The first-order valence-electron chi connectivity index (χ1n) is 6.32. The van der Waals surface area contributed by atoms with Crippen molar-refractivity contribution in [3.8, 4) is 0 Å². The molecule has 0 aromatic heterocycles. The van der Waals surface area contributed by atoms with Crippen LogP contribution in [0.1, 0.15) is 33.1 Å². The van der Waals surface area contributed by atoms with Gasteiger partial charge >= 0.3 is 0 Å². The summed E-state index contributed by atoms with van der Waals surface area (Å²) in [6.07, 6.45) is 1.07.